The first kappa shape index (κ1) is 17.5. The van der Waals surface area contributed by atoms with Crippen LogP contribution in [-0.2, 0) is 16.6 Å². The van der Waals surface area contributed by atoms with Crippen molar-refractivity contribution >= 4 is 27.1 Å². The molecular weight excluding hydrogens is 361 g/mol. The van der Waals surface area contributed by atoms with E-state index in [1.165, 1.54) is 23.5 Å². The topological polar surface area (TPSA) is 63.2 Å². The molecule has 0 bridgehead atoms. The van der Waals surface area contributed by atoms with E-state index >= 15 is 0 Å². The molecule has 0 unspecified atom stereocenters. The molecule has 4 nitrogen and oxygen atoms in total. The molecule has 1 heterocycles. The first-order valence-electron chi connectivity index (χ1n) is 7.39. The molecule has 0 fully saturated rings. The molecule has 7 heteroatoms. The highest BCUT2D eigenvalue weighted by Crippen LogP contribution is 2.21. The van der Waals surface area contributed by atoms with Crippen LogP contribution in [0.15, 0.2) is 71.6 Å². The highest BCUT2D eigenvalue weighted by atomic mass is 32.2. The van der Waals surface area contributed by atoms with Gasteiger partial charge in [-0.3, -0.25) is 4.79 Å². The van der Waals surface area contributed by atoms with Gasteiger partial charge in [0, 0.05) is 17.0 Å². The second kappa shape index (κ2) is 7.26. The summed E-state index contributed by atoms with van der Waals surface area (Å²) < 4.78 is 39.7. The van der Waals surface area contributed by atoms with Crippen LogP contribution in [0.5, 0.6) is 0 Å². The molecule has 1 aromatic heterocycles. The molecule has 0 saturated carbocycles. The zero-order valence-corrected chi connectivity index (χ0v) is 14.6. The minimum Gasteiger partial charge on any atom is -0.288 e. The molecule has 0 aliphatic rings. The van der Waals surface area contributed by atoms with Crippen molar-refractivity contribution in [2.75, 3.05) is 0 Å². The van der Waals surface area contributed by atoms with E-state index in [1.54, 1.807) is 36.4 Å². The van der Waals surface area contributed by atoms with Crippen LogP contribution in [0.4, 0.5) is 4.39 Å². The molecule has 0 atom stereocenters. The predicted molar refractivity (Wildman–Crippen MR) is 94.6 cm³/mol. The number of hydrogen-bond acceptors (Lipinski definition) is 4. The third-order valence-electron chi connectivity index (χ3n) is 3.48. The molecule has 25 heavy (non-hydrogen) atoms. The van der Waals surface area contributed by atoms with Crippen LogP contribution in [0.25, 0.3) is 0 Å². The largest absolute Gasteiger partial charge is 0.288 e. The minimum absolute atomic E-state index is 0.00829. The van der Waals surface area contributed by atoms with Gasteiger partial charge >= 0.3 is 0 Å². The van der Waals surface area contributed by atoms with Crippen molar-refractivity contribution in [1.29, 1.82) is 0 Å². The van der Waals surface area contributed by atoms with Crippen LogP contribution >= 0.6 is 11.3 Å². The van der Waals surface area contributed by atoms with Crippen LogP contribution in [0, 0.1) is 5.82 Å². The Morgan fingerprint density at radius 2 is 1.64 bits per heavy atom. The van der Waals surface area contributed by atoms with Crippen molar-refractivity contribution in [3.8, 4) is 0 Å². The molecule has 3 rings (SSSR count). The van der Waals surface area contributed by atoms with E-state index in [0.717, 1.165) is 12.1 Å². The Hall–Kier alpha value is -2.35. The van der Waals surface area contributed by atoms with Gasteiger partial charge in [0.05, 0.1) is 9.77 Å². The van der Waals surface area contributed by atoms with Crippen LogP contribution in [-0.4, -0.2) is 14.2 Å². The second-order valence-electron chi connectivity index (χ2n) is 5.24. The fourth-order valence-corrected chi connectivity index (χ4v) is 4.20. The zero-order valence-electron chi connectivity index (χ0n) is 13.0. The van der Waals surface area contributed by atoms with Crippen LogP contribution < -0.4 is 4.72 Å². The van der Waals surface area contributed by atoms with Gasteiger partial charge in [0.25, 0.3) is 0 Å². The molecule has 2 aromatic carbocycles. The van der Waals surface area contributed by atoms with E-state index in [9.17, 15) is 17.6 Å². The molecule has 3 aromatic rings. The molecule has 0 saturated heterocycles. The van der Waals surface area contributed by atoms with Crippen molar-refractivity contribution in [2.45, 2.75) is 11.4 Å². The maximum absolute atomic E-state index is 12.9. The maximum atomic E-state index is 12.9. The van der Waals surface area contributed by atoms with E-state index in [2.05, 4.69) is 4.72 Å². The van der Waals surface area contributed by atoms with E-state index < -0.39 is 15.8 Å². The Morgan fingerprint density at radius 1 is 0.960 bits per heavy atom. The minimum atomic E-state index is -3.73. The van der Waals surface area contributed by atoms with Gasteiger partial charge in [0.2, 0.25) is 15.8 Å². The fourth-order valence-electron chi connectivity index (χ4n) is 2.19. The van der Waals surface area contributed by atoms with Gasteiger partial charge in [-0.05, 0) is 36.4 Å². The number of benzene rings is 2. The van der Waals surface area contributed by atoms with Gasteiger partial charge in [-0.15, -0.1) is 11.3 Å². The standard InChI is InChI=1S/C18H14FNO3S2/c19-14-6-9-16(10-7-14)25(22,23)20-12-15-8-11-17(24-15)18(21)13-4-2-1-3-5-13/h1-11,20H,12H2. The Morgan fingerprint density at radius 3 is 2.32 bits per heavy atom. The number of hydrogen-bond donors (Lipinski definition) is 1. The average molecular weight is 375 g/mol. The highest BCUT2D eigenvalue weighted by Gasteiger charge is 2.16. The lowest BCUT2D eigenvalue weighted by atomic mass is 10.1. The van der Waals surface area contributed by atoms with Crippen LogP contribution in [0.2, 0.25) is 0 Å². The van der Waals surface area contributed by atoms with Crippen LogP contribution in [0.1, 0.15) is 20.1 Å². The highest BCUT2D eigenvalue weighted by molar-refractivity contribution is 7.89. The smallest absolute Gasteiger partial charge is 0.240 e. The second-order valence-corrected chi connectivity index (χ2v) is 8.17. The molecule has 0 amide bonds. The van der Waals surface area contributed by atoms with Crippen molar-refractivity contribution in [1.82, 2.24) is 4.72 Å². The van der Waals surface area contributed by atoms with Gasteiger partial charge in [0.15, 0.2) is 0 Å². The fraction of sp³-hybridized carbons (Fsp3) is 0.0556. The summed E-state index contributed by atoms with van der Waals surface area (Å²) >= 11 is 1.24. The summed E-state index contributed by atoms with van der Waals surface area (Å²) in [7, 11) is -3.73. The Bertz CT molecular complexity index is 981. The molecule has 0 aliphatic heterocycles. The SMILES string of the molecule is O=C(c1ccccc1)c1ccc(CNS(=O)(=O)c2ccc(F)cc2)s1. The normalized spacial score (nSPS) is 11.4. The number of carbonyl (C=O) groups excluding carboxylic acids is 1. The van der Waals surface area contributed by atoms with E-state index in [-0.39, 0.29) is 17.2 Å². The third kappa shape index (κ3) is 4.19. The van der Waals surface area contributed by atoms with Gasteiger partial charge in [-0.1, -0.05) is 30.3 Å². The number of sulfonamides is 1. The third-order valence-corrected chi connectivity index (χ3v) is 5.98. The van der Waals surface area contributed by atoms with Crippen LogP contribution in [0.3, 0.4) is 0 Å². The summed E-state index contributed by atoms with van der Waals surface area (Å²) in [6.07, 6.45) is 0. The lowest BCUT2D eigenvalue weighted by molar-refractivity contribution is 0.104. The molecule has 0 radical (unpaired) electrons. The number of ketones is 1. The summed E-state index contributed by atoms with van der Waals surface area (Å²) in [5, 5.41) is 0. The van der Waals surface area contributed by atoms with E-state index in [4.69, 9.17) is 0 Å². The number of nitrogens with one attached hydrogen (secondary N) is 1. The summed E-state index contributed by atoms with van der Waals surface area (Å²) in [5.74, 6) is -0.598. The number of rotatable bonds is 6. The number of thiophene rings is 1. The lowest BCUT2D eigenvalue weighted by Crippen LogP contribution is -2.22. The molecule has 128 valence electrons. The van der Waals surface area contributed by atoms with Gasteiger partial charge in [0.1, 0.15) is 5.82 Å². The van der Waals surface area contributed by atoms with Crippen molar-refractivity contribution in [3.05, 3.63) is 87.9 Å². The maximum Gasteiger partial charge on any atom is 0.240 e. The molecular formula is C18H14FNO3S2. The Kier molecular flexibility index (Phi) is 5.08. The van der Waals surface area contributed by atoms with Crippen molar-refractivity contribution in [3.63, 3.8) is 0 Å². The summed E-state index contributed by atoms with van der Waals surface area (Å²) in [6, 6.07) is 16.9. The number of halogens is 1. The first-order valence-corrected chi connectivity index (χ1v) is 9.69. The van der Waals surface area contributed by atoms with Crippen molar-refractivity contribution < 1.29 is 17.6 Å². The predicted octanol–water partition coefficient (Wildman–Crippen LogP) is 3.60. The van der Waals surface area contributed by atoms with E-state index in [1.807, 2.05) is 6.07 Å². The Labute approximate surface area is 149 Å². The van der Waals surface area contributed by atoms with Gasteiger partial charge in [-0.25, -0.2) is 17.5 Å². The summed E-state index contributed by atoms with van der Waals surface area (Å²) in [4.78, 5) is 13.6. The van der Waals surface area contributed by atoms with Gasteiger partial charge in [-0.2, -0.15) is 0 Å². The quantitative estimate of drug-likeness (QED) is 0.670. The molecule has 1 N–H and O–H groups in total. The summed E-state index contributed by atoms with van der Waals surface area (Å²) in [5.41, 5.74) is 0.586. The molecule has 0 aliphatic carbocycles. The van der Waals surface area contributed by atoms with Crippen molar-refractivity contribution in [2.24, 2.45) is 0 Å². The zero-order chi connectivity index (χ0) is 17.9. The van der Waals surface area contributed by atoms with Gasteiger partial charge < -0.3 is 0 Å². The average Bonchev–Trinajstić information content (AvgIpc) is 3.10. The number of carbonyl (C=O) groups is 1. The molecule has 0 spiro atoms. The Balaban J connectivity index is 1.69. The monoisotopic (exact) mass is 375 g/mol. The lowest BCUT2D eigenvalue weighted by Gasteiger charge is -2.05. The van der Waals surface area contributed by atoms with E-state index in [0.29, 0.717) is 15.3 Å². The summed E-state index contributed by atoms with van der Waals surface area (Å²) in [6.45, 7) is 0.0620. The first-order chi connectivity index (χ1) is 12.0.